The average molecular weight is 631 g/mol. The minimum absolute atomic E-state index is 0.0222. The van der Waals surface area contributed by atoms with Crippen molar-refractivity contribution in [2.75, 3.05) is 5.75 Å². The van der Waals surface area contributed by atoms with E-state index in [1.54, 1.807) is 20.9 Å². The number of thiophene rings is 1. The van der Waals surface area contributed by atoms with E-state index in [1.807, 2.05) is 96.4 Å². The Balaban J connectivity index is 1.25. The number of para-hydroxylation sites is 1. The summed E-state index contributed by atoms with van der Waals surface area (Å²) in [5.74, 6) is -0.0588. The van der Waals surface area contributed by atoms with E-state index in [0.717, 1.165) is 21.7 Å². The van der Waals surface area contributed by atoms with Gasteiger partial charge in [-0.15, -0.1) is 11.3 Å². The molecule has 3 aromatic heterocycles. The number of amides is 1. The molecule has 1 atom stereocenters. The van der Waals surface area contributed by atoms with Gasteiger partial charge in [-0.2, -0.15) is 19.7 Å². The van der Waals surface area contributed by atoms with Crippen molar-refractivity contribution < 1.29 is 4.79 Å². The second-order valence-electron chi connectivity index (χ2n) is 11.9. The molecular weight excluding hydrogens is 601 g/mol. The smallest absolute Gasteiger partial charge is 0.272 e. The maximum atomic E-state index is 13.8. The molecular formula is C35H30N6O2S2. The molecule has 0 aliphatic carbocycles. The molecule has 10 heteroatoms. The monoisotopic (exact) mass is 630 g/mol. The molecule has 4 heterocycles. The summed E-state index contributed by atoms with van der Waals surface area (Å²) in [6, 6.07) is 29.2. The molecule has 45 heavy (non-hydrogen) atoms. The first-order valence-corrected chi connectivity index (χ1v) is 16.5. The standard InChI is InChI=1S/C35H30N6O2S2/c1-35(2,3)24-17-15-23(16-18-24)31-33(43)37-32-25-12-7-8-13-26(25)36-34(41(32)39-31)45-21-30(42)40-28(29-14-9-19-44-29)20-27(38-40)22-10-5-4-6-11-22/h4-19,28H,20-21H2,1-3H3/t28-/m1/s1. The molecule has 1 aliphatic heterocycles. The number of hydrazone groups is 1. The van der Waals surface area contributed by atoms with Gasteiger partial charge >= 0.3 is 0 Å². The van der Waals surface area contributed by atoms with Crippen LogP contribution in [0.25, 0.3) is 27.8 Å². The summed E-state index contributed by atoms with van der Waals surface area (Å²) in [6.45, 7) is 6.44. The molecule has 0 unspecified atom stereocenters. The van der Waals surface area contributed by atoms with Gasteiger partial charge in [0.05, 0.1) is 23.0 Å². The number of hydrogen-bond acceptors (Lipinski definition) is 8. The highest BCUT2D eigenvalue weighted by molar-refractivity contribution is 7.99. The summed E-state index contributed by atoms with van der Waals surface area (Å²) >= 11 is 2.88. The molecule has 1 amide bonds. The highest BCUT2D eigenvalue weighted by Gasteiger charge is 2.34. The van der Waals surface area contributed by atoms with Gasteiger partial charge in [-0.05, 0) is 40.1 Å². The Morgan fingerprint density at radius 1 is 0.911 bits per heavy atom. The first-order valence-electron chi connectivity index (χ1n) is 14.7. The van der Waals surface area contributed by atoms with Gasteiger partial charge < -0.3 is 0 Å². The Morgan fingerprint density at radius 2 is 1.67 bits per heavy atom. The van der Waals surface area contributed by atoms with E-state index < -0.39 is 5.56 Å². The molecule has 1 aliphatic rings. The molecule has 0 N–H and O–H groups in total. The van der Waals surface area contributed by atoms with E-state index in [9.17, 15) is 9.59 Å². The molecule has 3 aromatic carbocycles. The summed E-state index contributed by atoms with van der Waals surface area (Å²) < 4.78 is 1.59. The molecule has 0 saturated carbocycles. The van der Waals surface area contributed by atoms with Crippen LogP contribution in [0.2, 0.25) is 0 Å². The highest BCUT2D eigenvalue weighted by Crippen LogP contribution is 2.36. The van der Waals surface area contributed by atoms with Gasteiger partial charge in [0.2, 0.25) is 0 Å². The number of thioether (sulfide) groups is 1. The summed E-state index contributed by atoms with van der Waals surface area (Å²) in [6.07, 6.45) is 0.641. The molecule has 0 fully saturated rings. The third-order valence-electron chi connectivity index (χ3n) is 7.85. The lowest BCUT2D eigenvalue weighted by atomic mass is 9.86. The molecule has 8 nitrogen and oxygen atoms in total. The second-order valence-corrected chi connectivity index (χ2v) is 13.8. The van der Waals surface area contributed by atoms with Crippen LogP contribution in [-0.4, -0.2) is 42.0 Å². The van der Waals surface area contributed by atoms with Crippen LogP contribution in [0.15, 0.2) is 111 Å². The van der Waals surface area contributed by atoms with E-state index in [4.69, 9.17) is 15.2 Å². The SMILES string of the molecule is CC(C)(C)c1ccc(-c2nn3c(SCC(=O)N4N=C(c5ccccc5)C[C@@H]4c4cccs4)nc4ccccc4c3nc2=O)cc1. The van der Waals surface area contributed by atoms with Gasteiger partial charge in [0, 0.05) is 22.2 Å². The van der Waals surface area contributed by atoms with Crippen LogP contribution in [0.1, 0.15) is 49.2 Å². The van der Waals surface area contributed by atoms with Crippen LogP contribution < -0.4 is 5.56 Å². The zero-order chi connectivity index (χ0) is 31.1. The van der Waals surface area contributed by atoms with Gasteiger partial charge in [0.1, 0.15) is 0 Å². The fourth-order valence-electron chi connectivity index (χ4n) is 5.45. The zero-order valence-corrected chi connectivity index (χ0v) is 26.7. The fraction of sp³-hybridized carbons (Fsp3) is 0.200. The van der Waals surface area contributed by atoms with Crippen molar-refractivity contribution in [3.63, 3.8) is 0 Å². The van der Waals surface area contributed by atoms with Crippen LogP contribution in [0, 0.1) is 0 Å². The summed E-state index contributed by atoms with van der Waals surface area (Å²) in [7, 11) is 0. The van der Waals surface area contributed by atoms with E-state index in [1.165, 1.54) is 11.8 Å². The van der Waals surface area contributed by atoms with Crippen LogP contribution >= 0.6 is 23.1 Å². The topological polar surface area (TPSA) is 92.8 Å². The average Bonchev–Trinajstić information content (AvgIpc) is 3.74. The Bertz CT molecular complexity index is 2120. The number of rotatable bonds is 6. The lowest BCUT2D eigenvalue weighted by Crippen LogP contribution is -2.28. The first-order chi connectivity index (χ1) is 21.8. The molecule has 6 aromatic rings. The van der Waals surface area contributed by atoms with Crippen LogP contribution in [-0.2, 0) is 10.2 Å². The van der Waals surface area contributed by atoms with Gasteiger partial charge in [0.25, 0.3) is 11.5 Å². The number of carbonyl (C=O) groups is 1. The van der Waals surface area contributed by atoms with Gasteiger partial charge in [-0.1, -0.05) is 105 Å². The number of aromatic nitrogens is 4. The third-order valence-corrected chi connectivity index (χ3v) is 9.73. The normalized spacial score (nSPS) is 15.1. The van der Waals surface area contributed by atoms with E-state index in [-0.39, 0.29) is 28.8 Å². The number of nitrogens with zero attached hydrogens (tertiary/aromatic N) is 6. The minimum atomic E-state index is -0.416. The molecule has 7 rings (SSSR count). The fourth-order valence-corrected chi connectivity index (χ4v) is 7.06. The van der Waals surface area contributed by atoms with E-state index in [0.29, 0.717) is 33.7 Å². The van der Waals surface area contributed by atoms with E-state index >= 15 is 0 Å². The first kappa shape index (κ1) is 29.1. The zero-order valence-electron chi connectivity index (χ0n) is 25.0. The number of benzene rings is 3. The molecule has 0 saturated heterocycles. The Morgan fingerprint density at radius 3 is 2.40 bits per heavy atom. The highest BCUT2D eigenvalue weighted by atomic mass is 32.2. The van der Waals surface area contributed by atoms with Gasteiger partial charge in [-0.25, -0.2) is 9.99 Å². The minimum Gasteiger partial charge on any atom is -0.272 e. The van der Waals surface area contributed by atoms with Crippen molar-refractivity contribution in [1.82, 2.24) is 24.6 Å². The van der Waals surface area contributed by atoms with Crippen molar-refractivity contribution >= 4 is 51.3 Å². The number of fused-ring (bicyclic) bond motifs is 3. The quantitative estimate of drug-likeness (QED) is 0.110. The van der Waals surface area contributed by atoms with Crippen LogP contribution in [0.5, 0.6) is 0 Å². The number of carbonyl (C=O) groups excluding carboxylic acids is 1. The largest absolute Gasteiger partial charge is 0.300 e. The van der Waals surface area contributed by atoms with Crippen LogP contribution in [0.3, 0.4) is 0 Å². The molecule has 0 bridgehead atoms. The summed E-state index contributed by atoms with van der Waals surface area (Å²) in [4.78, 5) is 37.6. The van der Waals surface area contributed by atoms with Crippen molar-refractivity contribution in [1.29, 1.82) is 0 Å². The predicted octanol–water partition coefficient (Wildman–Crippen LogP) is 7.13. The Labute approximate surface area is 268 Å². The second kappa shape index (κ2) is 11.7. The van der Waals surface area contributed by atoms with Crippen molar-refractivity contribution in [3.8, 4) is 11.3 Å². The molecule has 0 radical (unpaired) electrons. The van der Waals surface area contributed by atoms with E-state index in [2.05, 4.69) is 25.8 Å². The maximum absolute atomic E-state index is 13.8. The third kappa shape index (κ3) is 5.67. The number of hydrogen-bond donors (Lipinski definition) is 0. The van der Waals surface area contributed by atoms with Crippen molar-refractivity contribution in [2.45, 2.75) is 43.8 Å². The van der Waals surface area contributed by atoms with Gasteiger partial charge in [-0.3, -0.25) is 9.59 Å². The lowest BCUT2D eigenvalue weighted by Gasteiger charge is -2.20. The summed E-state index contributed by atoms with van der Waals surface area (Å²) in [5, 5.41) is 14.4. The molecule has 224 valence electrons. The van der Waals surface area contributed by atoms with Gasteiger partial charge in [0.15, 0.2) is 16.5 Å². The van der Waals surface area contributed by atoms with Crippen molar-refractivity contribution in [3.05, 3.63) is 123 Å². The Kier molecular flexibility index (Phi) is 7.55. The lowest BCUT2D eigenvalue weighted by molar-refractivity contribution is -0.130. The molecule has 0 spiro atoms. The van der Waals surface area contributed by atoms with Crippen molar-refractivity contribution in [2.24, 2.45) is 5.10 Å². The Hall–Kier alpha value is -4.67. The maximum Gasteiger partial charge on any atom is 0.300 e. The van der Waals surface area contributed by atoms with Crippen LogP contribution in [0.4, 0.5) is 0 Å². The summed E-state index contributed by atoms with van der Waals surface area (Å²) in [5.41, 5.74) is 4.58. The predicted molar refractivity (Wildman–Crippen MR) is 181 cm³/mol.